The Morgan fingerprint density at radius 1 is 1.12 bits per heavy atom. The fraction of sp³-hybridized carbons (Fsp3) is 0.333. The molecule has 1 fully saturated rings. The normalized spacial score (nSPS) is 22.3. The second-order valence-corrected chi connectivity index (χ2v) is 10.2. The number of hydrogen-bond donors (Lipinski definition) is 0. The number of fused-ring (bicyclic) bond motifs is 2. The first-order valence-electron chi connectivity index (χ1n) is 11.4. The fourth-order valence-electron chi connectivity index (χ4n) is 5.42. The van der Waals surface area contributed by atoms with Gasteiger partial charge in [-0.2, -0.15) is 0 Å². The summed E-state index contributed by atoms with van der Waals surface area (Å²) >= 11 is 9.97. The number of hydrogen-bond acceptors (Lipinski definition) is 3. The van der Waals surface area contributed by atoms with Crippen LogP contribution in [-0.4, -0.2) is 35.7 Å². The lowest BCUT2D eigenvalue weighted by Gasteiger charge is -2.41. The van der Waals surface area contributed by atoms with E-state index in [2.05, 4.69) is 34.1 Å². The number of pyridine rings is 1. The minimum absolute atomic E-state index is 0.0244. The van der Waals surface area contributed by atoms with E-state index in [-0.39, 0.29) is 18.1 Å². The lowest BCUT2D eigenvalue weighted by molar-refractivity contribution is -0.0560. The van der Waals surface area contributed by atoms with Crippen LogP contribution in [0.15, 0.2) is 65.3 Å². The molecule has 1 aliphatic heterocycles. The molecule has 33 heavy (non-hydrogen) atoms. The molecular weight excluding hydrogens is 500 g/mol. The first kappa shape index (κ1) is 22.6. The summed E-state index contributed by atoms with van der Waals surface area (Å²) in [7, 11) is 1.70. The summed E-state index contributed by atoms with van der Waals surface area (Å²) < 4.78 is 6.87. The van der Waals surface area contributed by atoms with Crippen molar-refractivity contribution < 1.29 is 9.53 Å². The van der Waals surface area contributed by atoms with E-state index < -0.39 is 0 Å². The van der Waals surface area contributed by atoms with Crippen molar-refractivity contribution in [1.29, 1.82) is 0 Å². The van der Waals surface area contributed by atoms with Crippen LogP contribution in [-0.2, 0) is 17.6 Å². The molecule has 0 saturated carbocycles. The summed E-state index contributed by atoms with van der Waals surface area (Å²) in [6.45, 7) is 0.655. The highest BCUT2D eigenvalue weighted by Gasteiger charge is 2.39. The second-order valence-electron chi connectivity index (χ2n) is 8.86. The molecule has 2 aliphatic rings. The molecule has 2 heterocycles. The minimum atomic E-state index is -0.269. The molecule has 0 radical (unpaired) electrons. The Morgan fingerprint density at radius 3 is 2.70 bits per heavy atom. The molecule has 2 aromatic carbocycles. The fourth-order valence-corrected chi connectivity index (χ4v) is 5.99. The molecule has 1 aromatic heterocycles. The Kier molecular flexibility index (Phi) is 6.55. The van der Waals surface area contributed by atoms with Crippen molar-refractivity contribution in [3.05, 3.63) is 98.2 Å². The molecular formula is C27H26BrClN2O2. The first-order valence-corrected chi connectivity index (χ1v) is 12.5. The van der Waals surface area contributed by atoms with Crippen molar-refractivity contribution in [3.63, 3.8) is 0 Å². The molecule has 5 rings (SSSR count). The number of likely N-dealkylation sites (tertiary alicyclic amines) is 1. The number of carbonyl (C=O) groups is 1. The molecule has 0 N–H and O–H groups in total. The lowest BCUT2D eigenvalue weighted by Crippen LogP contribution is -2.48. The second kappa shape index (κ2) is 9.57. The summed E-state index contributed by atoms with van der Waals surface area (Å²) in [5, 5.41) is 0.769. The summed E-state index contributed by atoms with van der Waals surface area (Å²) in [5.74, 6) is 0.478. The zero-order valence-electron chi connectivity index (χ0n) is 18.5. The molecule has 6 heteroatoms. The minimum Gasteiger partial charge on any atom is -0.362 e. The number of methoxy groups -OCH3 is 1. The smallest absolute Gasteiger partial charge is 0.255 e. The van der Waals surface area contributed by atoms with Gasteiger partial charge in [0.15, 0.2) is 0 Å². The van der Waals surface area contributed by atoms with Crippen LogP contribution in [0.25, 0.3) is 0 Å². The Bertz CT molecular complexity index is 1120. The van der Waals surface area contributed by atoms with Crippen molar-refractivity contribution in [2.75, 3.05) is 13.7 Å². The summed E-state index contributed by atoms with van der Waals surface area (Å²) in [6, 6.07) is 17.9. The van der Waals surface area contributed by atoms with Crippen molar-refractivity contribution in [2.45, 2.75) is 37.8 Å². The Labute approximate surface area is 208 Å². The van der Waals surface area contributed by atoms with Gasteiger partial charge in [-0.05, 0) is 94.6 Å². The molecule has 0 spiro atoms. The lowest BCUT2D eigenvalue weighted by atomic mass is 9.76. The first-order chi connectivity index (χ1) is 16.0. The number of nitrogens with zero attached hydrogens (tertiary/aromatic N) is 2. The van der Waals surface area contributed by atoms with Crippen LogP contribution in [0.2, 0.25) is 5.02 Å². The topological polar surface area (TPSA) is 42.4 Å². The number of ether oxygens (including phenoxy) is 1. The Balaban J connectivity index is 1.50. The average molecular weight is 526 g/mol. The van der Waals surface area contributed by atoms with Crippen molar-refractivity contribution in [2.24, 2.45) is 5.92 Å². The number of rotatable bonds is 3. The molecule has 1 amide bonds. The quantitative estimate of drug-likeness (QED) is 0.406. The van der Waals surface area contributed by atoms with Gasteiger partial charge in [0.1, 0.15) is 6.23 Å². The third-order valence-corrected chi connectivity index (χ3v) is 7.65. The zero-order valence-corrected chi connectivity index (χ0v) is 20.8. The summed E-state index contributed by atoms with van der Waals surface area (Å²) in [6.07, 6.45) is 5.16. The van der Waals surface area contributed by atoms with Crippen LogP contribution in [0.1, 0.15) is 51.5 Å². The van der Waals surface area contributed by atoms with Crippen molar-refractivity contribution in [1.82, 2.24) is 9.88 Å². The number of amides is 1. The summed E-state index contributed by atoms with van der Waals surface area (Å²) in [5.41, 5.74) is 5.71. The third kappa shape index (κ3) is 4.46. The molecule has 3 atom stereocenters. The van der Waals surface area contributed by atoms with Gasteiger partial charge in [-0.15, -0.1) is 0 Å². The van der Waals surface area contributed by atoms with Crippen LogP contribution >= 0.6 is 27.5 Å². The number of carbonyl (C=O) groups excluding carboxylic acids is 1. The van der Waals surface area contributed by atoms with Gasteiger partial charge >= 0.3 is 0 Å². The predicted octanol–water partition coefficient (Wildman–Crippen LogP) is 6.25. The van der Waals surface area contributed by atoms with E-state index in [9.17, 15) is 4.79 Å². The van der Waals surface area contributed by atoms with E-state index >= 15 is 0 Å². The van der Waals surface area contributed by atoms with Gasteiger partial charge in [0, 0.05) is 40.8 Å². The summed E-state index contributed by atoms with van der Waals surface area (Å²) in [4.78, 5) is 20.0. The number of aryl methyl sites for hydroxylation is 2. The van der Waals surface area contributed by atoms with Crippen LogP contribution in [0, 0.1) is 5.92 Å². The van der Waals surface area contributed by atoms with E-state index in [0.717, 1.165) is 40.9 Å². The zero-order chi connectivity index (χ0) is 22.9. The van der Waals surface area contributed by atoms with Gasteiger partial charge in [-0.1, -0.05) is 35.9 Å². The number of piperidine rings is 1. The SMILES string of the molecule is COC1CC([C@@H]2c3ccc(Cl)cc3CCc3cc(Br)cnc32)CCN1C(=O)c1ccccc1. The van der Waals surface area contributed by atoms with Gasteiger partial charge in [0.25, 0.3) is 5.91 Å². The Morgan fingerprint density at radius 2 is 1.91 bits per heavy atom. The van der Waals surface area contributed by atoms with Crippen LogP contribution in [0.5, 0.6) is 0 Å². The predicted molar refractivity (Wildman–Crippen MR) is 134 cm³/mol. The number of halogens is 2. The molecule has 2 unspecified atom stereocenters. The molecule has 1 aliphatic carbocycles. The third-order valence-electron chi connectivity index (χ3n) is 6.98. The van der Waals surface area contributed by atoms with E-state index in [1.807, 2.05) is 47.5 Å². The molecule has 3 aromatic rings. The van der Waals surface area contributed by atoms with Gasteiger partial charge in [0.05, 0.1) is 5.69 Å². The molecule has 4 nitrogen and oxygen atoms in total. The molecule has 0 bridgehead atoms. The van der Waals surface area contributed by atoms with E-state index in [0.29, 0.717) is 18.0 Å². The van der Waals surface area contributed by atoms with Gasteiger partial charge < -0.3 is 9.64 Å². The van der Waals surface area contributed by atoms with Crippen LogP contribution in [0.4, 0.5) is 0 Å². The number of benzene rings is 2. The maximum Gasteiger partial charge on any atom is 0.255 e. The maximum atomic E-state index is 13.2. The average Bonchev–Trinajstić information content (AvgIpc) is 3.00. The van der Waals surface area contributed by atoms with Crippen molar-refractivity contribution in [3.8, 4) is 0 Å². The Hall–Kier alpha value is -2.21. The number of aromatic nitrogens is 1. The van der Waals surface area contributed by atoms with Crippen molar-refractivity contribution >= 4 is 33.4 Å². The van der Waals surface area contributed by atoms with Gasteiger partial charge in [-0.3, -0.25) is 9.78 Å². The molecule has 1 saturated heterocycles. The maximum absolute atomic E-state index is 13.2. The standard InChI is InChI=1S/C27H26BrClN2O2/c1-33-24-15-19(11-12-31(24)27(32)17-5-3-2-4-6-17)25-23-10-9-22(29)14-18(23)7-8-20-13-21(28)16-30-26(20)25/h2-6,9-10,13-14,16,19,24-25H,7-8,11-12,15H2,1H3/t19?,24?,25-/m1/s1. The van der Waals surface area contributed by atoms with E-state index in [1.54, 1.807) is 7.11 Å². The monoisotopic (exact) mass is 524 g/mol. The van der Waals surface area contributed by atoms with Gasteiger partial charge in [0.2, 0.25) is 0 Å². The van der Waals surface area contributed by atoms with Crippen LogP contribution in [0.3, 0.4) is 0 Å². The largest absolute Gasteiger partial charge is 0.362 e. The highest BCUT2D eigenvalue weighted by molar-refractivity contribution is 9.10. The molecule has 170 valence electrons. The van der Waals surface area contributed by atoms with E-state index in [1.165, 1.54) is 16.7 Å². The van der Waals surface area contributed by atoms with Crippen LogP contribution < -0.4 is 0 Å². The van der Waals surface area contributed by atoms with E-state index in [4.69, 9.17) is 21.3 Å². The highest BCUT2D eigenvalue weighted by atomic mass is 79.9. The van der Waals surface area contributed by atoms with Gasteiger partial charge in [-0.25, -0.2) is 0 Å². The highest BCUT2D eigenvalue weighted by Crippen LogP contribution is 2.44.